The number of hydrogen-bond acceptors (Lipinski definition) is 2. The fourth-order valence-corrected chi connectivity index (χ4v) is 2.41. The van der Waals surface area contributed by atoms with E-state index in [4.69, 9.17) is 4.74 Å². The molecule has 0 spiro atoms. The lowest BCUT2D eigenvalue weighted by molar-refractivity contribution is 0.355. The highest BCUT2D eigenvalue weighted by atomic mass is 16.5. The molecule has 1 aliphatic rings. The summed E-state index contributed by atoms with van der Waals surface area (Å²) in [5.41, 5.74) is 2.41. The minimum atomic E-state index is 0.569. The van der Waals surface area contributed by atoms with Crippen molar-refractivity contribution in [1.82, 2.24) is 0 Å². The van der Waals surface area contributed by atoms with E-state index in [2.05, 4.69) is 35.7 Å². The van der Waals surface area contributed by atoms with E-state index in [0.29, 0.717) is 6.61 Å². The molecule has 0 amide bonds. The molecule has 0 aromatic heterocycles. The second-order valence-corrected chi connectivity index (χ2v) is 4.95. The Balaban J connectivity index is 1.93. The van der Waals surface area contributed by atoms with E-state index in [1.165, 1.54) is 31.6 Å². The molecule has 1 aromatic carbocycles. The topological polar surface area (TPSA) is 12.5 Å². The summed E-state index contributed by atoms with van der Waals surface area (Å²) in [5, 5.41) is 0. The number of rotatable bonds is 6. The van der Waals surface area contributed by atoms with E-state index in [1.54, 1.807) is 6.08 Å². The molecule has 0 radical (unpaired) electrons. The first-order valence-electron chi connectivity index (χ1n) is 7.25. The van der Waals surface area contributed by atoms with Crippen LogP contribution < -0.4 is 9.64 Å². The molecule has 1 saturated heterocycles. The predicted molar refractivity (Wildman–Crippen MR) is 86.5 cm³/mol. The average Bonchev–Trinajstić information content (AvgIpc) is 3.00. The van der Waals surface area contributed by atoms with Gasteiger partial charge in [-0.15, -0.1) is 0 Å². The minimum Gasteiger partial charge on any atom is -0.489 e. The first-order chi connectivity index (χ1) is 9.83. The molecular formula is C18H23NO. The standard InChI is InChI=1S/C18H23NO/c1-3-7-16(8-4-2)15-20-18-11-9-17(10-12-18)19-13-5-6-14-19/h3-4,7-12H,1,5-6,13-15H2,2H3/b8-4-,16-7+. The van der Waals surface area contributed by atoms with Crippen LogP contribution in [0.25, 0.3) is 0 Å². The third kappa shape index (κ3) is 4.02. The maximum absolute atomic E-state index is 5.81. The van der Waals surface area contributed by atoms with Gasteiger partial charge < -0.3 is 9.64 Å². The van der Waals surface area contributed by atoms with E-state index in [0.717, 1.165) is 11.3 Å². The average molecular weight is 269 g/mol. The Kier molecular flexibility index (Phi) is 5.48. The third-order valence-electron chi connectivity index (χ3n) is 3.43. The van der Waals surface area contributed by atoms with E-state index in [9.17, 15) is 0 Å². The van der Waals surface area contributed by atoms with Gasteiger partial charge in [-0.1, -0.05) is 30.9 Å². The maximum atomic E-state index is 5.81. The van der Waals surface area contributed by atoms with Crippen LogP contribution in [0.3, 0.4) is 0 Å². The van der Waals surface area contributed by atoms with Gasteiger partial charge in [-0.3, -0.25) is 0 Å². The number of anilines is 1. The summed E-state index contributed by atoms with van der Waals surface area (Å²) in [6.45, 7) is 8.64. The van der Waals surface area contributed by atoms with Gasteiger partial charge in [0.25, 0.3) is 0 Å². The van der Waals surface area contributed by atoms with Crippen LogP contribution in [0, 0.1) is 0 Å². The van der Waals surface area contributed by atoms with E-state index < -0.39 is 0 Å². The van der Waals surface area contributed by atoms with Crippen LogP contribution in [0.15, 0.2) is 60.7 Å². The van der Waals surface area contributed by atoms with Gasteiger partial charge >= 0.3 is 0 Å². The molecule has 0 unspecified atom stereocenters. The molecule has 1 fully saturated rings. The van der Waals surface area contributed by atoms with Gasteiger partial charge in [0.2, 0.25) is 0 Å². The van der Waals surface area contributed by atoms with Gasteiger partial charge in [0.15, 0.2) is 0 Å². The Bertz CT molecular complexity index is 479. The van der Waals surface area contributed by atoms with Gasteiger partial charge in [-0.2, -0.15) is 0 Å². The Morgan fingerprint density at radius 1 is 1.25 bits per heavy atom. The molecule has 0 atom stereocenters. The molecule has 2 rings (SSSR count). The van der Waals surface area contributed by atoms with Gasteiger partial charge in [-0.05, 0) is 49.6 Å². The normalized spacial score (nSPS) is 15.8. The summed E-state index contributed by atoms with van der Waals surface area (Å²) in [6.07, 6.45) is 10.4. The van der Waals surface area contributed by atoms with Crippen LogP contribution in [0.2, 0.25) is 0 Å². The quantitative estimate of drug-likeness (QED) is 0.712. The van der Waals surface area contributed by atoms with Crippen LogP contribution in [0.4, 0.5) is 5.69 Å². The molecule has 2 heteroatoms. The molecule has 1 heterocycles. The largest absolute Gasteiger partial charge is 0.489 e. The summed E-state index contributed by atoms with van der Waals surface area (Å²) in [5.74, 6) is 0.910. The zero-order valence-electron chi connectivity index (χ0n) is 12.2. The van der Waals surface area contributed by atoms with Gasteiger partial charge in [0.1, 0.15) is 12.4 Å². The Hall–Kier alpha value is -1.96. The van der Waals surface area contributed by atoms with Crippen molar-refractivity contribution in [3.63, 3.8) is 0 Å². The third-order valence-corrected chi connectivity index (χ3v) is 3.43. The molecule has 0 aliphatic carbocycles. The number of ether oxygens (including phenoxy) is 1. The van der Waals surface area contributed by atoms with Crippen LogP contribution in [0.5, 0.6) is 5.75 Å². The maximum Gasteiger partial charge on any atom is 0.119 e. The number of hydrogen-bond donors (Lipinski definition) is 0. The summed E-state index contributed by atoms with van der Waals surface area (Å²) in [4.78, 5) is 2.42. The lowest BCUT2D eigenvalue weighted by Crippen LogP contribution is -2.17. The van der Waals surface area contributed by atoms with Gasteiger partial charge in [0.05, 0.1) is 0 Å². The first kappa shape index (κ1) is 14.4. The number of benzene rings is 1. The smallest absolute Gasteiger partial charge is 0.119 e. The molecule has 20 heavy (non-hydrogen) atoms. The van der Waals surface area contributed by atoms with Gasteiger partial charge in [0, 0.05) is 18.8 Å². The van der Waals surface area contributed by atoms with Crippen molar-refractivity contribution in [3.05, 3.63) is 60.7 Å². The fraction of sp³-hybridized carbons (Fsp3) is 0.333. The molecule has 0 bridgehead atoms. The van der Waals surface area contributed by atoms with Crippen LogP contribution in [-0.2, 0) is 0 Å². The molecule has 2 nitrogen and oxygen atoms in total. The van der Waals surface area contributed by atoms with E-state index >= 15 is 0 Å². The molecule has 0 saturated carbocycles. The minimum absolute atomic E-state index is 0.569. The zero-order chi connectivity index (χ0) is 14.2. The highest BCUT2D eigenvalue weighted by Crippen LogP contribution is 2.23. The van der Waals surface area contributed by atoms with Crippen molar-refractivity contribution in [2.45, 2.75) is 19.8 Å². The SMILES string of the molecule is C=C/C=C(\C=C/C)COc1ccc(N2CCCC2)cc1. The molecule has 0 N–H and O–H groups in total. The number of nitrogens with zero attached hydrogens (tertiary/aromatic N) is 1. The van der Waals surface area contributed by atoms with Gasteiger partial charge in [-0.25, -0.2) is 0 Å². The molecule has 1 aromatic rings. The van der Waals surface area contributed by atoms with Crippen molar-refractivity contribution in [2.75, 3.05) is 24.6 Å². The fourth-order valence-electron chi connectivity index (χ4n) is 2.41. The Labute approximate surface area is 122 Å². The number of allylic oxidation sites excluding steroid dienone is 3. The summed E-state index contributed by atoms with van der Waals surface area (Å²) in [6, 6.07) is 8.39. The van der Waals surface area contributed by atoms with Crippen molar-refractivity contribution in [2.24, 2.45) is 0 Å². The van der Waals surface area contributed by atoms with E-state index in [-0.39, 0.29) is 0 Å². The lowest BCUT2D eigenvalue weighted by Gasteiger charge is -2.17. The van der Waals surface area contributed by atoms with E-state index in [1.807, 2.05) is 25.2 Å². The van der Waals surface area contributed by atoms with Crippen molar-refractivity contribution in [3.8, 4) is 5.75 Å². The first-order valence-corrected chi connectivity index (χ1v) is 7.25. The summed E-state index contributed by atoms with van der Waals surface area (Å²) >= 11 is 0. The highest BCUT2D eigenvalue weighted by Gasteiger charge is 2.11. The molecular weight excluding hydrogens is 246 g/mol. The second kappa shape index (κ2) is 7.59. The Morgan fingerprint density at radius 3 is 2.55 bits per heavy atom. The van der Waals surface area contributed by atoms with Crippen LogP contribution >= 0.6 is 0 Å². The Morgan fingerprint density at radius 2 is 1.95 bits per heavy atom. The van der Waals surface area contributed by atoms with Crippen molar-refractivity contribution >= 4 is 5.69 Å². The van der Waals surface area contributed by atoms with Crippen molar-refractivity contribution < 1.29 is 4.74 Å². The lowest BCUT2D eigenvalue weighted by atomic mass is 10.2. The monoisotopic (exact) mass is 269 g/mol. The zero-order valence-corrected chi connectivity index (χ0v) is 12.2. The summed E-state index contributed by atoms with van der Waals surface area (Å²) < 4.78 is 5.81. The van der Waals surface area contributed by atoms with Crippen molar-refractivity contribution in [1.29, 1.82) is 0 Å². The van der Waals surface area contributed by atoms with Crippen LogP contribution in [0.1, 0.15) is 19.8 Å². The molecule has 1 aliphatic heterocycles. The second-order valence-electron chi connectivity index (χ2n) is 4.95. The highest BCUT2D eigenvalue weighted by molar-refractivity contribution is 5.49. The summed E-state index contributed by atoms with van der Waals surface area (Å²) in [7, 11) is 0. The predicted octanol–water partition coefficient (Wildman–Crippen LogP) is 4.35. The van der Waals surface area contributed by atoms with Crippen LogP contribution in [-0.4, -0.2) is 19.7 Å². The molecule has 106 valence electrons.